The third-order valence-electron chi connectivity index (χ3n) is 5.16. The van der Waals surface area contributed by atoms with E-state index < -0.39 is 0 Å². The molecule has 0 spiro atoms. The van der Waals surface area contributed by atoms with Crippen molar-refractivity contribution in [1.29, 1.82) is 0 Å². The van der Waals surface area contributed by atoms with Crippen LogP contribution in [0.25, 0.3) is 6.08 Å². The topological polar surface area (TPSA) is 67.3 Å². The van der Waals surface area contributed by atoms with Gasteiger partial charge in [0, 0.05) is 19.3 Å². The Balaban J connectivity index is 1.56. The average molecular weight is 395 g/mol. The Morgan fingerprint density at radius 1 is 1.24 bits per heavy atom. The normalized spacial score (nSPS) is 15.2. The number of likely N-dealkylation sites (tertiary alicyclic amines) is 1. The number of piperidine rings is 1. The number of amides is 2. The summed E-state index contributed by atoms with van der Waals surface area (Å²) in [4.78, 5) is 14.2. The largest absolute Gasteiger partial charge is 0.490 e. The lowest BCUT2D eigenvalue weighted by molar-refractivity contribution is 0.147. The first-order chi connectivity index (χ1) is 14.0. The monoisotopic (exact) mass is 394 g/mol. The molecule has 1 N–H and O–H groups in total. The molecular formula is C23H30N4O2. The van der Waals surface area contributed by atoms with Gasteiger partial charge in [0.15, 0.2) is 5.82 Å². The molecule has 1 atom stereocenters. The van der Waals surface area contributed by atoms with Crippen LogP contribution in [0.2, 0.25) is 0 Å². The molecule has 1 aliphatic rings. The lowest BCUT2D eigenvalue weighted by Gasteiger charge is -2.28. The fourth-order valence-electron chi connectivity index (χ4n) is 3.48. The van der Waals surface area contributed by atoms with Crippen molar-refractivity contribution in [2.45, 2.75) is 46.1 Å². The number of nitrogens with one attached hydrogen (secondary N) is 1. The van der Waals surface area contributed by atoms with Crippen LogP contribution in [0.4, 0.5) is 10.6 Å². The summed E-state index contributed by atoms with van der Waals surface area (Å²) in [5.41, 5.74) is 2.50. The summed E-state index contributed by atoms with van der Waals surface area (Å²) in [5, 5.41) is 10.5. The number of aromatic nitrogens is 2. The van der Waals surface area contributed by atoms with E-state index in [0.717, 1.165) is 30.6 Å². The number of carbonyl (C=O) groups is 1. The maximum atomic E-state index is 12.4. The van der Waals surface area contributed by atoms with E-state index in [-0.39, 0.29) is 12.1 Å². The van der Waals surface area contributed by atoms with Crippen molar-refractivity contribution < 1.29 is 9.53 Å². The van der Waals surface area contributed by atoms with E-state index in [2.05, 4.69) is 54.5 Å². The van der Waals surface area contributed by atoms with Gasteiger partial charge in [-0.15, -0.1) is 5.10 Å². The van der Waals surface area contributed by atoms with E-state index >= 15 is 0 Å². The van der Waals surface area contributed by atoms with Gasteiger partial charge in [0.1, 0.15) is 11.9 Å². The first-order valence-corrected chi connectivity index (χ1v) is 10.3. The summed E-state index contributed by atoms with van der Waals surface area (Å²) in [6.45, 7) is 7.92. The number of rotatable bonds is 6. The van der Waals surface area contributed by atoms with Gasteiger partial charge < -0.3 is 9.64 Å². The minimum Gasteiger partial charge on any atom is -0.490 e. The minimum atomic E-state index is -0.126. The van der Waals surface area contributed by atoms with Gasteiger partial charge in [-0.2, -0.15) is 5.10 Å². The standard InChI is InChI=1S/C23H30N4O2/c1-4-21(17(2)3)29-20-8-5-7-19(16-20)15-18-10-13-27(14-11-18)23(28)25-22-9-6-12-24-26-22/h5-9,12,15-17,21H,4,10-11,13-14H2,1-3H3,(H,25,26,28). The molecule has 1 fully saturated rings. The number of hydrogen-bond donors (Lipinski definition) is 1. The predicted molar refractivity (Wildman–Crippen MR) is 116 cm³/mol. The van der Waals surface area contributed by atoms with Crippen molar-refractivity contribution in [2.75, 3.05) is 18.4 Å². The quantitative estimate of drug-likeness (QED) is 0.748. The number of urea groups is 1. The zero-order valence-electron chi connectivity index (χ0n) is 17.5. The zero-order chi connectivity index (χ0) is 20.6. The van der Waals surface area contributed by atoms with Crippen LogP contribution in [0.5, 0.6) is 5.75 Å². The van der Waals surface area contributed by atoms with E-state index in [1.165, 1.54) is 5.57 Å². The molecule has 1 unspecified atom stereocenters. The van der Waals surface area contributed by atoms with Crippen LogP contribution in [-0.4, -0.2) is 40.3 Å². The molecule has 1 aliphatic heterocycles. The Morgan fingerprint density at radius 2 is 2.03 bits per heavy atom. The molecule has 0 saturated carbocycles. The van der Waals surface area contributed by atoms with Crippen molar-refractivity contribution in [3.05, 3.63) is 53.7 Å². The van der Waals surface area contributed by atoms with E-state index in [1.54, 1.807) is 18.3 Å². The Bertz CT molecular complexity index is 826. The second kappa shape index (κ2) is 10.0. The third-order valence-corrected chi connectivity index (χ3v) is 5.16. The number of benzene rings is 1. The molecule has 1 aromatic carbocycles. The Hall–Kier alpha value is -2.89. The second-order valence-electron chi connectivity index (χ2n) is 7.71. The maximum Gasteiger partial charge on any atom is 0.323 e. The SMILES string of the molecule is CCC(Oc1cccc(C=C2CCN(C(=O)Nc3cccnn3)CC2)c1)C(C)C. The Labute approximate surface area is 173 Å². The zero-order valence-corrected chi connectivity index (χ0v) is 17.5. The van der Waals surface area contributed by atoms with E-state index in [4.69, 9.17) is 4.74 Å². The molecule has 29 heavy (non-hydrogen) atoms. The number of hydrogen-bond acceptors (Lipinski definition) is 4. The Kier molecular flexibility index (Phi) is 7.22. The van der Waals surface area contributed by atoms with Crippen molar-refractivity contribution >= 4 is 17.9 Å². The summed E-state index contributed by atoms with van der Waals surface area (Å²) < 4.78 is 6.16. The smallest absolute Gasteiger partial charge is 0.323 e. The van der Waals surface area contributed by atoms with Gasteiger partial charge in [-0.05, 0) is 55.0 Å². The molecule has 1 aromatic heterocycles. The highest BCUT2D eigenvalue weighted by molar-refractivity contribution is 5.88. The number of carbonyl (C=O) groups excluding carboxylic acids is 1. The second-order valence-corrected chi connectivity index (χ2v) is 7.71. The van der Waals surface area contributed by atoms with Crippen LogP contribution in [-0.2, 0) is 0 Å². The lowest BCUT2D eigenvalue weighted by atomic mass is 10.0. The van der Waals surface area contributed by atoms with Gasteiger partial charge in [0.05, 0.1) is 0 Å². The van der Waals surface area contributed by atoms with E-state index in [9.17, 15) is 4.79 Å². The first-order valence-electron chi connectivity index (χ1n) is 10.3. The van der Waals surface area contributed by atoms with Gasteiger partial charge in [-0.3, -0.25) is 5.32 Å². The number of anilines is 1. The molecule has 6 nitrogen and oxygen atoms in total. The van der Waals surface area contributed by atoms with Crippen LogP contribution in [0, 0.1) is 5.92 Å². The van der Waals surface area contributed by atoms with Crippen molar-refractivity contribution in [3.8, 4) is 5.75 Å². The molecular weight excluding hydrogens is 364 g/mol. The maximum absolute atomic E-state index is 12.4. The van der Waals surface area contributed by atoms with Gasteiger partial charge >= 0.3 is 6.03 Å². The number of ether oxygens (including phenoxy) is 1. The van der Waals surface area contributed by atoms with Crippen molar-refractivity contribution in [3.63, 3.8) is 0 Å². The molecule has 6 heteroatoms. The molecule has 0 radical (unpaired) electrons. The summed E-state index contributed by atoms with van der Waals surface area (Å²) in [7, 11) is 0. The van der Waals surface area contributed by atoms with Crippen LogP contribution in [0.15, 0.2) is 48.2 Å². The van der Waals surface area contributed by atoms with Crippen LogP contribution >= 0.6 is 0 Å². The lowest BCUT2D eigenvalue weighted by Crippen LogP contribution is -2.39. The molecule has 2 aromatic rings. The minimum absolute atomic E-state index is 0.126. The summed E-state index contributed by atoms with van der Waals surface area (Å²) >= 11 is 0. The molecule has 0 bridgehead atoms. The van der Waals surface area contributed by atoms with Gasteiger partial charge in [0.2, 0.25) is 0 Å². The van der Waals surface area contributed by atoms with Gasteiger partial charge in [-0.1, -0.05) is 44.6 Å². The highest BCUT2D eigenvalue weighted by Crippen LogP contribution is 2.24. The Morgan fingerprint density at radius 3 is 2.69 bits per heavy atom. The van der Waals surface area contributed by atoms with Crippen LogP contribution in [0.3, 0.4) is 0 Å². The summed E-state index contributed by atoms with van der Waals surface area (Å²) in [6, 6.07) is 11.6. The fraction of sp³-hybridized carbons (Fsp3) is 0.435. The number of nitrogens with zero attached hydrogens (tertiary/aromatic N) is 3. The van der Waals surface area contributed by atoms with E-state index in [0.29, 0.717) is 24.8 Å². The highest BCUT2D eigenvalue weighted by Gasteiger charge is 2.19. The molecule has 1 saturated heterocycles. The van der Waals surface area contributed by atoms with Gasteiger partial charge in [0.25, 0.3) is 0 Å². The summed E-state index contributed by atoms with van der Waals surface area (Å²) in [6.07, 6.45) is 6.76. The molecule has 154 valence electrons. The molecule has 3 rings (SSSR count). The summed E-state index contributed by atoms with van der Waals surface area (Å²) in [5.74, 6) is 1.88. The average Bonchev–Trinajstić information content (AvgIpc) is 2.73. The van der Waals surface area contributed by atoms with Crippen LogP contribution in [0.1, 0.15) is 45.6 Å². The van der Waals surface area contributed by atoms with Gasteiger partial charge in [-0.25, -0.2) is 4.79 Å². The molecule has 0 aliphatic carbocycles. The first kappa shape index (κ1) is 20.8. The van der Waals surface area contributed by atoms with Crippen LogP contribution < -0.4 is 10.1 Å². The molecule has 2 amide bonds. The third kappa shape index (κ3) is 6.04. The van der Waals surface area contributed by atoms with E-state index in [1.807, 2.05) is 17.0 Å². The molecule has 2 heterocycles. The highest BCUT2D eigenvalue weighted by atomic mass is 16.5. The predicted octanol–water partition coefficient (Wildman–Crippen LogP) is 5.00. The fourth-order valence-corrected chi connectivity index (χ4v) is 3.48. The van der Waals surface area contributed by atoms with Crippen molar-refractivity contribution in [2.24, 2.45) is 5.92 Å². The van der Waals surface area contributed by atoms with Crippen molar-refractivity contribution in [1.82, 2.24) is 15.1 Å².